The van der Waals surface area contributed by atoms with Gasteiger partial charge in [-0.15, -0.1) is 0 Å². The number of hydrogen-bond acceptors (Lipinski definition) is 2. The van der Waals surface area contributed by atoms with E-state index in [1.54, 1.807) is 0 Å². The molecule has 2 nitrogen and oxygen atoms in total. The van der Waals surface area contributed by atoms with Crippen LogP contribution in [0.4, 0.5) is 34.1 Å². The lowest BCUT2D eigenvalue weighted by Gasteiger charge is -2.48. The van der Waals surface area contributed by atoms with E-state index in [9.17, 15) is 0 Å². The van der Waals surface area contributed by atoms with Crippen molar-refractivity contribution in [3.8, 4) is 11.1 Å². The van der Waals surface area contributed by atoms with E-state index in [1.165, 1.54) is 106 Å². The lowest BCUT2D eigenvalue weighted by Crippen LogP contribution is -2.62. The van der Waals surface area contributed by atoms with Crippen LogP contribution in [0, 0.1) is 0 Å². The van der Waals surface area contributed by atoms with Gasteiger partial charge in [0.05, 0.1) is 5.69 Å². The van der Waals surface area contributed by atoms with Crippen molar-refractivity contribution in [1.82, 2.24) is 0 Å². The summed E-state index contributed by atoms with van der Waals surface area (Å²) >= 11 is 0. The van der Waals surface area contributed by atoms with Gasteiger partial charge in [-0.1, -0.05) is 216 Å². The molecule has 10 rings (SSSR count). The normalized spacial score (nSPS) is 16.2. The molecule has 0 aromatic heterocycles. The Balaban J connectivity index is 1.37. The molecule has 7 aromatic rings. The Morgan fingerprint density at radius 1 is 0.375 bits per heavy atom. The minimum absolute atomic E-state index is 0.00379. The Bertz CT molecular complexity index is 3250. The smallest absolute Gasteiger partial charge is 0.252 e. The predicted octanol–water partition coefficient (Wildman–Crippen LogP) is 17.3. The zero-order chi connectivity index (χ0) is 51.9. The Morgan fingerprint density at radius 2 is 0.875 bits per heavy atom. The number of anilines is 6. The molecular formula is C69H81BN2. The van der Waals surface area contributed by atoms with Crippen molar-refractivity contribution in [3.05, 3.63) is 184 Å². The highest BCUT2D eigenvalue weighted by molar-refractivity contribution is 7.00. The molecule has 0 N–H and O–H groups in total. The first-order valence-corrected chi connectivity index (χ1v) is 27.0. The van der Waals surface area contributed by atoms with E-state index in [0.29, 0.717) is 0 Å². The Labute approximate surface area is 435 Å². The maximum absolute atomic E-state index is 2.73. The molecule has 1 aliphatic carbocycles. The second-order valence-electron chi connectivity index (χ2n) is 27.9. The van der Waals surface area contributed by atoms with Crippen LogP contribution in [0.2, 0.25) is 0 Å². The molecule has 0 radical (unpaired) electrons. The first kappa shape index (κ1) is 49.8. The van der Waals surface area contributed by atoms with Gasteiger partial charge in [0, 0.05) is 39.4 Å². The van der Waals surface area contributed by atoms with Crippen LogP contribution >= 0.6 is 0 Å². The first-order valence-electron chi connectivity index (χ1n) is 27.0. The van der Waals surface area contributed by atoms with Crippen molar-refractivity contribution in [2.24, 2.45) is 0 Å². The van der Waals surface area contributed by atoms with Gasteiger partial charge in [0.2, 0.25) is 0 Å². The lowest BCUT2D eigenvalue weighted by molar-refractivity contribution is 0.332. The molecule has 370 valence electrons. The van der Waals surface area contributed by atoms with Gasteiger partial charge in [-0.25, -0.2) is 0 Å². The zero-order valence-electron chi connectivity index (χ0n) is 47.2. The molecule has 3 aliphatic rings. The lowest BCUT2D eigenvalue weighted by atomic mass is 9.32. The van der Waals surface area contributed by atoms with Crippen LogP contribution in [0.1, 0.15) is 182 Å². The maximum atomic E-state index is 2.73. The van der Waals surface area contributed by atoms with Gasteiger partial charge in [0.1, 0.15) is 0 Å². The monoisotopic (exact) mass is 949 g/mol. The van der Waals surface area contributed by atoms with E-state index < -0.39 is 0 Å². The van der Waals surface area contributed by atoms with E-state index in [-0.39, 0.29) is 44.6 Å². The molecule has 0 spiro atoms. The predicted molar refractivity (Wildman–Crippen MR) is 315 cm³/mol. The second-order valence-corrected chi connectivity index (χ2v) is 27.9. The van der Waals surface area contributed by atoms with Gasteiger partial charge in [-0.05, 0) is 160 Å². The summed E-state index contributed by atoms with van der Waals surface area (Å²) in [5.74, 6) is 0. The van der Waals surface area contributed by atoms with Gasteiger partial charge in [0.25, 0.3) is 6.71 Å². The summed E-state index contributed by atoms with van der Waals surface area (Å²) < 4.78 is 0. The molecule has 0 atom stereocenters. The highest BCUT2D eigenvalue weighted by Crippen LogP contribution is 2.53. The van der Waals surface area contributed by atoms with E-state index in [4.69, 9.17) is 0 Å². The molecular weight excluding hydrogens is 868 g/mol. The summed E-state index contributed by atoms with van der Waals surface area (Å²) in [5, 5.41) is 0. The average molecular weight is 949 g/mol. The van der Waals surface area contributed by atoms with Crippen LogP contribution in [-0.2, 0) is 37.9 Å². The fourth-order valence-corrected chi connectivity index (χ4v) is 12.1. The minimum atomic E-state index is -0.231. The van der Waals surface area contributed by atoms with Crippen LogP contribution in [0.15, 0.2) is 140 Å². The Morgan fingerprint density at radius 3 is 1.47 bits per heavy atom. The second kappa shape index (κ2) is 16.6. The maximum Gasteiger partial charge on any atom is 0.252 e. The zero-order valence-corrected chi connectivity index (χ0v) is 47.2. The SMILES string of the molecule is CC(C)(C)c1ccc(N2c3ccc(C(C)(C)c4ccccc4)cc3B3c4cc5c(cc4N(c4ccc(C(C)(C)C)cc4-c4cccc(C(C)(C)C)c4)c4cc(C(C)(C)C)cc2c43)C(C)(C)CCC5(C)C)cc1. The fourth-order valence-electron chi connectivity index (χ4n) is 12.1. The molecule has 0 amide bonds. The summed E-state index contributed by atoms with van der Waals surface area (Å²) in [6.45, 7) is 42.9. The third-order valence-electron chi connectivity index (χ3n) is 17.3. The van der Waals surface area contributed by atoms with E-state index >= 15 is 0 Å². The molecule has 3 heteroatoms. The first-order chi connectivity index (χ1) is 33.5. The van der Waals surface area contributed by atoms with E-state index in [1.807, 2.05) is 0 Å². The third kappa shape index (κ3) is 8.36. The summed E-state index contributed by atoms with van der Waals surface area (Å²) in [6, 6.07) is 55.4. The topological polar surface area (TPSA) is 6.48 Å². The van der Waals surface area contributed by atoms with Crippen molar-refractivity contribution in [3.63, 3.8) is 0 Å². The number of fused-ring (bicyclic) bond motifs is 5. The van der Waals surface area contributed by atoms with Gasteiger partial charge in [-0.2, -0.15) is 0 Å². The van der Waals surface area contributed by atoms with Crippen LogP contribution in [0.3, 0.4) is 0 Å². The van der Waals surface area contributed by atoms with Crippen LogP contribution < -0.4 is 26.2 Å². The fraction of sp³-hybridized carbons (Fsp3) is 0.391. The number of hydrogen-bond donors (Lipinski definition) is 0. The molecule has 0 fully saturated rings. The number of benzene rings is 7. The number of rotatable bonds is 5. The van der Waals surface area contributed by atoms with Gasteiger partial charge in [-0.3, -0.25) is 0 Å². The van der Waals surface area contributed by atoms with Gasteiger partial charge >= 0.3 is 0 Å². The third-order valence-corrected chi connectivity index (χ3v) is 17.3. The minimum Gasteiger partial charge on any atom is -0.311 e. The summed E-state index contributed by atoms with van der Waals surface area (Å²) in [7, 11) is 0. The molecule has 0 bridgehead atoms. The summed E-state index contributed by atoms with van der Waals surface area (Å²) in [4.78, 5) is 5.35. The molecule has 0 saturated heterocycles. The Kier molecular flexibility index (Phi) is 11.5. The van der Waals surface area contributed by atoms with E-state index in [0.717, 1.165) is 12.8 Å². The molecule has 0 saturated carbocycles. The van der Waals surface area contributed by atoms with Gasteiger partial charge < -0.3 is 9.80 Å². The molecule has 72 heavy (non-hydrogen) atoms. The van der Waals surface area contributed by atoms with Crippen molar-refractivity contribution in [1.29, 1.82) is 0 Å². The van der Waals surface area contributed by atoms with Crippen molar-refractivity contribution in [2.75, 3.05) is 9.80 Å². The standard InChI is InChI=1S/C69H81BN2/c1-63(2,3)45-27-31-51(32-28-45)71-58-34-30-49(69(17,18)46-24-20-19-21-25-46)39-55(58)70-56-42-53-54(68(15,16)36-35-67(53,13)14)43-59(56)72(61-41-50(66(10,11)12)40-60(71)62(61)70)57-33-29-48(65(7,8)9)38-52(57)44-23-22-26-47(37-44)64(4,5)6/h19-34,37-43H,35-36H2,1-18H3. The van der Waals surface area contributed by atoms with Gasteiger partial charge in [0.15, 0.2) is 0 Å². The molecule has 7 aromatic carbocycles. The van der Waals surface area contributed by atoms with Crippen LogP contribution in [0.5, 0.6) is 0 Å². The van der Waals surface area contributed by atoms with Crippen LogP contribution in [0.25, 0.3) is 11.1 Å². The highest BCUT2D eigenvalue weighted by atomic mass is 15.2. The quantitative estimate of drug-likeness (QED) is 0.159. The molecule has 2 aliphatic heterocycles. The number of nitrogens with zero attached hydrogens (tertiary/aromatic N) is 2. The Hall–Kier alpha value is -5.80. The van der Waals surface area contributed by atoms with Crippen LogP contribution in [-0.4, -0.2) is 6.71 Å². The summed E-state index contributed by atoms with van der Waals surface area (Å²) in [6.07, 6.45) is 2.31. The van der Waals surface area contributed by atoms with E-state index in [2.05, 4.69) is 274 Å². The molecule has 2 heterocycles. The van der Waals surface area contributed by atoms with Crippen molar-refractivity contribution in [2.45, 2.75) is 175 Å². The largest absolute Gasteiger partial charge is 0.311 e. The highest BCUT2D eigenvalue weighted by Gasteiger charge is 2.48. The van der Waals surface area contributed by atoms with Crippen molar-refractivity contribution < 1.29 is 0 Å². The average Bonchev–Trinajstić information content (AvgIpc) is 3.31. The summed E-state index contributed by atoms with van der Waals surface area (Å²) in [5.41, 5.74) is 24.8. The molecule has 0 unspecified atom stereocenters. The van der Waals surface area contributed by atoms with Crippen molar-refractivity contribution >= 4 is 57.2 Å².